The first kappa shape index (κ1) is 19.2. The highest BCUT2D eigenvalue weighted by Gasteiger charge is 2.22. The summed E-state index contributed by atoms with van der Waals surface area (Å²) in [5.41, 5.74) is 1.13. The number of hydrogen-bond donors (Lipinski definition) is 2. The quantitative estimate of drug-likeness (QED) is 0.746. The minimum Gasteiger partial charge on any atom is -0.489 e. The molecule has 0 aliphatic carbocycles. The molecule has 3 rings (SSSR count). The molecule has 0 aromatic heterocycles. The minimum atomic E-state index is -0.0515. The van der Waals surface area contributed by atoms with Crippen LogP contribution in [0.4, 0.5) is 0 Å². The van der Waals surface area contributed by atoms with Crippen molar-refractivity contribution in [3.05, 3.63) is 60.2 Å². The number of amides is 1. The van der Waals surface area contributed by atoms with Crippen LogP contribution in [0.15, 0.2) is 54.6 Å². The third kappa shape index (κ3) is 6.29. The Kier molecular flexibility index (Phi) is 7.11. The zero-order valence-electron chi connectivity index (χ0n) is 15.9. The van der Waals surface area contributed by atoms with Gasteiger partial charge in [0.2, 0.25) is 0 Å². The average molecular weight is 369 g/mol. The summed E-state index contributed by atoms with van der Waals surface area (Å²) in [7, 11) is 0. The van der Waals surface area contributed by atoms with Crippen LogP contribution in [0.3, 0.4) is 0 Å². The Morgan fingerprint density at radius 2 is 1.63 bits per heavy atom. The molecule has 0 spiro atoms. The fourth-order valence-corrected chi connectivity index (χ4v) is 3.32. The summed E-state index contributed by atoms with van der Waals surface area (Å²) in [6.07, 6.45) is 2.09. The first-order valence-corrected chi connectivity index (χ1v) is 9.75. The molecular formula is C22H29N2O3+. The molecule has 144 valence electrons. The number of likely N-dealkylation sites (tertiary alicyclic amines) is 1. The van der Waals surface area contributed by atoms with E-state index in [1.807, 2.05) is 54.6 Å². The van der Waals surface area contributed by atoms with E-state index >= 15 is 0 Å². The Morgan fingerprint density at radius 1 is 1.00 bits per heavy atom. The van der Waals surface area contributed by atoms with Crippen molar-refractivity contribution in [2.45, 2.75) is 32.4 Å². The molecule has 1 saturated heterocycles. The molecule has 0 unspecified atom stereocenters. The number of ether oxygens (including phenoxy) is 2. The van der Waals surface area contributed by atoms with Gasteiger partial charge in [0.05, 0.1) is 19.6 Å². The molecule has 1 fully saturated rings. The first-order chi connectivity index (χ1) is 13.2. The molecule has 27 heavy (non-hydrogen) atoms. The van der Waals surface area contributed by atoms with E-state index in [0.29, 0.717) is 12.4 Å². The summed E-state index contributed by atoms with van der Waals surface area (Å²) in [6, 6.07) is 17.7. The zero-order chi connectivity index (χ0) is 18.9. The van der Waals surface area contributed by atoms with Gasteiger partial charge in [-0.25, -0.2) is 0 Å². The lowest BCUT2D eigenvalue weighted by Gasteiger charge is -2.28. The smallest absolute Gasteiger partial charge is 0.258 e. The summed E-state index contributed by atoms with van der Waals surface area (Å²) in [4.78, 5) is 13.7. The van der Waals surface area contributed by atoms with E-state index in [1.165, 1.54) is 0 Å². The van der Waals surface area contributed by atoms with Gasteiger partial charge in [-0.3, -0.25) is 4.79 Å². The van der Waals surface area contributed by atoms with Crippen LogP contribution in [0.1, 0.15) is 25.3 Å². The van der Waals surface area contributed by atoms with Crippen LogP contribution < -0.4 is 19.7 Å². The normalized spacial score (nSPS) is 19.3. The monoisotopic (exact) mass is 369 g/mol. The molecule has 0 radical (unpaired) electrons. The second-order valence-electron chi connectivity index (χ2n) is 6.98. The molecule has 0 saturated carbocycles. The maximum absolute atomic E-state index is 12.1. The largest absolute Gasteiger partial charge is 0.489 e. The molecule has 2 aromatic carbocycles. The SMILES string of the molecule is CC[NH+]1CCC(NC(=O)COc2ccc(OCc3ccccc3)cc2)CC1. The van der Waals surface area contributed by atoms with Crippen LogP contribution in [0.2, 0.25) is 0 Å². The number of carbonyl (C=O) groups is 1. The number of rotatable bonds is 8. The molecule has 1 amide bonds. The highest BCUT2D eigenvalue weighted by molar-refractivity contribution is 5.77. The molecule has 5 nitrogen and oxygen atoms in total. The van der Waals surface area contributed by atoms with Gasteiger partial charge in [-0.1, -0.05) is 30.3 Å². The lowest BCUT2D eigenvalue weighted by Crippen LogP contribution is -3.13. The third-order valence-corrected chi connectivity index (χ3v) is 5.00. The van der Waals surface area contributed by atoms with Crippen LogP contribution in [0.5, 0.6) is 11.5 Å². The summed E-state index contributed by atoms with van der Waals surface area (Å²) in [5.74, 6) is 1.40. The van der Waals surface area contributed by atoms with E-state index in [0.717, 1.165) is 43.8 Å². The number of piperidine rings is 1. The Labute approximate surface area is 161 Å². The van der Waals surface area contributed by atoms with Crippen LogP contribution in [-0.4, -0.2) is 38.2 Å². The maximum Gasteiger partial charge on any atom is 0.258 e. The lowest BCUT2D eigenvalue weighted by atomic mass is 10.1. The van der Waals surface area contributed by atoms with Gasteiger partial charge in [-0.15, -0.1) is 0 Å². The zero-order valence-corrected chi connectivity index (χ0v) is 15.9. The Bertz CT molecular complexity index is 695. The van der Waals surface area contributed by atoms with Crippen LogP contribution in [-0.2, 0) is 11.4 Å². The summed E-state index contributed by atoms with van der Waals surface area (Å²) in [5, 5.41) is 3.08. The minimum absolute atomic E-state index is 0.0467. The summed E-state index contributed by atoms with van der Waals surface area (Å²) < 4.78 is 11.4. The predicted molar refractivity (Wildman–Crippen MR) is 105 cm³/mol. The number of carbonyl (C=O) groups excluding carboxylic acids is 1. The highest BCUT2D eigenvalue weighted by atomic mass is 16.5. The van der Waals surface area contributed by atoms with Gasteiger partial charge in [0, 0.05) is 18.9 Å². The van der Waals surface area contributed by atoms with Gasteiger partial charge >= 0.3 is 0 Å². The molecular weight excluding hydrogens is 340 g/mol. The Balaban J connectivity index is 1.37. The molecule has 0 atom stereocenters. The van der Waals surface area contributed by atoms with Gasteiger partial charge in [-0.2, -0.15) is 0 Å². The van der Waals surface area contributed by atoms with Crippen molar-refractivity contribution >= 4 is 5.91 Å². The van der Waals surface area contributed by atoms with E-state index in [9.17, 15) is 4.79 Å². The Hall–Kier alpha value is -2.53. The lowest BCUT2D eigenvalue weighted by molar-refractivity contribution is -0.903. The number of benzene rings is 2. The number of nitrogens with one attached hydrogen (secondary N) is 2. The maximum atomic E-state index is 12.1. The van der Waals surface area contributed by atoms with E-state index < -0.39 is 0 Å². The van der Waals surface area contributed by atoms with Crippen molar-refractivity contribution in [2.75, 3.05) is 26.2 Å². The number of hydrogen-bond acceptors (Lipinski definition) is 3. The second-order valence-corrected chi connectivity index (χ2v) is 6.98. The predicted octanol–water partition coefficient (Wildman–Crippen LogP) is 1.83. The molecule has 5 heteroatoms. The van der Waals surface area contributed by atoms with E-state index in [1.54, 1.807) is 4.90 Å². The fraction of sp³-hybridized carbons (Fsp3) is 0.409. The highest BCUT2D eigenvalue weighted by Crippen LogP contribution is 2.18. The molecule has 2 N–H and O–H groups in total. The van der Waals surface area contributed by atoms with Gasteiger partial charge in [-0.05, 0) is 36.8 Å². The van der Waals surface area contributed by atoms with Crippen molar-refractivity contribution < 1.29 is 19.2 Å². The van der Waals surface area contributed by atoms with Crippen molar-refractivity contribution in [1.82, 2.24) is 5.32 Å². The van der Waals surface area contributed by atoms with Gasteiger partial charge in [0.25, 0.3) is 5.91 Å². The average Bonchev–Trinajstić information content (AvgIpc) is 2.73. The van der Waals surface area contributed by atoms with Crippen LogP contribution in [0, 0.1) is 0 Å². The molecule has 1 aliphatic heterocycles. The van der Waals surface area contributed by atoms with Crippen LogP contribution in [0.25, 0.3) is 0 Å². The molecule has 1 aliphatic rings. The van der Waals surface area contributed by atoms with Crippen molar-refractivity contribution in [2.24, 2.45) is 0 Å². The summed E-state index contributed by atoms with van der Waals surface area (Å²) in [6.45, 7) is 6.21. The van der Waals surface area contributed by atoms with Gasteiger partial charge in [0.1, 0.15) is 18.1 Å². The van der Waals surface area contributed by atoms with Crippen molar-refractivity contribution in [3.63, 3.8) is 0 Å². The second kappa shape index (κ2) is 9.97. The van der Waals surface area contributed by atoms with E-state index in [2.05, 4.69) is 12.2 Å². The summed E-state index contributed by atoms with van der Waals surface area (Å²) >= 11 is 0. The van der Waals surface area contributed by atoms with Crippen molar-refractivity contribution in [1.29, 1.82) is 0 Å². The Morgan fingerprint density at radius 3 is 2.26 bits per heavy atom. The molecule has 1 heterocycles. The molecule has 2 aromatic rings. The number of quaternary nitrogens is 1. The fourth-order valence-electron chi connectivity index (χ4n) is 3.32. The van der Waals surface area contributed by atoms with Gasteiger partial charge < -0.3 is 19.7 Å². The van der Waals surface area contributed by atoms with E-state index in [-0.39, 0.29) is 18.6 Å². The van der Waals surface area contributed by atoms with Crippen LogP contribution >= 0.6 is 0 Å². The third-order valence-electron chi connectivity index (χ3n) is 5.00. The van der Waals surface area contributed by atoms with E-state index in [4.69, 9.17) is 9.47 Å². The topological polar surface area (TPSA) is 52.0 Å². The molecule has 0 bridgehead atoms. The van der Waals surface area contributed by atoms with Gasteiger partial charge in [0.15, 0.2) is 6.61 Å². The first-order valence-electron chi connectivity index (χ1n) is 9.75. The van der Waals surface area contributed by atoms with Crippen molar-refractivity contribution in [3.8, 4) is 11.5 Å². The standard InChI is InChI=1S/C22H28N2O3/c1-2-24-14-12-19(13-15-24)23-22(25)17-27-21-10-8-20(9-11-21)26-16-18-6-4-3-5-7-18/h3-11,19H,2,12-17H2,1H3,(H,23,25)/p+1.